The summed E-state index contributed by atoms with van der Waals surface area (Å²) in [5.41, 5.74) is 2.99. The van der Waals surface area contributed by atoms with Crippen molar-refractivity contribution in [1.82, 2.24) is 9.88 Å². The highest BCUT2D eigenvalue weighted by Crippen LogP contribution is 2.18. The van der Waals surface area contributed by atoms with Crippen molar-refractivity contribution in [2.24, 2.45) is 0 Å². The number of unbranched alkanes of at least 4 members (excludes halogenated alkanes) is 1. The molecule has 0 bridgehead atoms. The molecule has 2 aromatic rings. The molecular weight excluding hydrogens is 296 g/mol. The second kappa shape index (κ2) is 7.61. The number of ether oxygens (including phenoxy) is 1. The summed E-state index contributed by atoms with van der Waals surface area (Å²) in [6.45, 7) is 4.05. The fourth-order valence-corrected chi connectivity index (χ4v) is 2.99. The molecule has 0 aliphatic carbocycles. The summed E-state index contributed by atoms with van der Waals surface area (Å²) >= 11 is 5.83. The number of hydrogen-bond donors (Lipinski definition) is 0. The molecular formula is C18H21ClN2O. The molecule has 4 heteroatoms. The van der Waals surface area contributed by atoms with Crippen molar-refractivity contribution in [2.45, 2.75) is 25.8 Å². The Hall–Kier alpha value is -1.58. The van der Waals surface area contributed by atoms with E-state index in [2.05, 4.69) is 34.1 Å². The highest BCUT2D eigenvalue weighted by atomic mass is 35.5. The van der Waals surface area contributed by atoms with Gasteiger partial charge in [-0.25, -0.2) is 4.98 Å². The molecule has 1 aliphatic rings. The molecule has 3 nitrogen and oxygen atoms in total. The number of benzene rings is 1. The first-order valence-corrected chi connectivity index (χ1v) is 8.23. The third kappa shape index (κ3) is 4.21. The van der Waals surface area contributed by atoms with E-state index in [1.54, 1.807) is 6.07 Å². The van der Waals surface area contributed by atoms with Crippen LogP contribution in [0.5, 0.6) is 5.88 Å². The zero-order valence-corrected chi connectivity index (χ0v) is 13.4. The molecule has 0 fully saturated rings. The van der Waals surface area contributed by atoms with E-state index in [9.17, 15) is 0 Å². The molecule has 1 aromatic heterocycles. The van der Waals surface area contributed by atoms with E-state index in [4.69, 9.17) is 16.3 Å². The topological polar surface area (TPSA) is 25.4 Å². The van der Waals surface area contributed by atoms with Crippen LogP contribution in [0, 0.1) is 0 Å². The standard InChI is InChI=1S/C18H21ClN2O/c19-17-8-5-9-18(20-17)22-13-4-3-11-21-12-10-15-6-1-2-7-16(15)14-21/h1-2,5-9H,3-4,10-14H2. The molecule has 22 heavy (non-hydrogen) atoms. The van der Waals surface area contributed by atoms with Gasteiger partial charge in [0.15, 0.2) is 0 Å². The van der Waals surface area contributed by atoms with Crippen molar-refractivity contribution in [1.29, 1.82) is 0 Å². The van der Waals surface area contributed by atoms with E-state index in [0.717, 1.165) is 32.5 Å². The number of rotatable bonds is 6. The molecule has 0 amide bonds. The van der Waals surface area contributed by atoms with Gasteiger partial charge in [-0.3, -0.25) is 4.90 Å². The second-order valence-electron chi connectivity index (χ2n) is 5.65. The van der Waals surface area contributed by atoms with E-state index in [0.29, 0.717) is 17.6 Å². The lowest BCUT2D eigenvalue weighted by molar-refractivity contribution is 0.233. The van der Waals surface area contributed by atoms with Crippen molar-refractivity contribution < 1.29 is 4.74 Å². The third-order valence-corrected chi connectivity index (χ3v) is 4.23. The van der Waals surface area contributed by atoms with Crippen LogP contribution in [0.15, 0.2) is 42.5 Å². The molecule has 0 atom stereocenters. The Bertz CT molecular complexity index is 618. The van der Waals surface area contributed by atoms with E-state index in [1.807, 2.05) is 12.1 Å². The van der Waals surface area contributed by atoms with E-state index < -0.39 is 0 Å². The average Bonchev–Trinajstić information content (AvgIpc) is 2.54. The lowest BCUT2D eigenvalue weighted by atomic mass is 10.00. The van der Waals surface area contributed by atoms with Gasteiger partial charge in [-0.2, -0.15) is 0 Å². The summed E-state index contributed by atoms with van der Waals surface area (Å²) in [6.07, 6.45) is 3.34. The first-order chi connectivity index (χ1) is 10.8. The number of nitrogens with zero attached hydrogens (tertiary/aromatic N) is 2. The maximum absolute atomic E-state index is 5.83. The predicted molar refractivity (Wildman–Crippen MR) is 89.4 cm³/mol. The number of hydrogen-bond acceptors (Lipinski definition) is 3. The number of fused-ring (bicyclic) bond motifs is 1. The van der Waals surface area contributed by atoms with E-state index in [-0.39, 0.29) is 0 Å². The Kier molecular flexibility index (Phi) is 5.30. The Labute approximate surface area is 136 Å². The van der Waals surface area contributed by atoms with Crippen LogP contribution in [-0.4, -0.2) is 29.6 Å². The van der Waals surface area contributed by atoms with Gasteiger partial charge < -0.3 is 4.74 Å². The van der Waals surface area contributed by atoms with Gasteiger partial charge >= 0.3 is 0 Å². The van der Waals surface area contributed by atoms with Crippen molar-refractivity contribution in [2.75, 3.05) is 19.7 Å². The summed E-state index contributed by atoms with van der Waals surface area (Å²) < 4.78 is 5.62. The molecule has 1 aromatic carbocycles. The number of halogens is 1. The smallest absolute Gasteiger partial charge is 0.214 e. The lowest BCUT2D eigenvalue weighted by Crippen LogP contribution is -2.31. The van der Waals surface area contributed by atoms with Crippen LogP contribution in [0.25, 0.3) is 0 Å². The Balaban J connectivity index is 1.36. The zero-order valence-electron chi connectivity index (χ0n) is 12.7. The molecule has 0 radical (unpaired) electrons. The molecule has 1 aliphatic heterocycles. The largest absolute Gasteiger partial charge is 0.478 e. The fourth-order valence-electron chi connectivity index (χ4n) is 2.83. The van der Waals surface area contributed by atoms with Gasteiger partial charge in [0, 0.05) is 19.2 Å². The van der Waals surface area contributed by atoms with Crippen molar-refractivity contribution in [3.05, 3.63) is 58.7 Å². The molecule has 0 unspecified atom stereocenters. The Morgan fingerprint density at radius 2 is 1.91 bits per heavy atom. The summed E-state index contributed by atoms with van der Waals surface area (Å²) in [5.74, 6) is 0.611. The molecule has 0 saturated heterocycles. The molecule has 2 heterocycles. The molecule has 0 N–H and O–H groups in total. The van der Waals surface area contributed by atoms with Crippen molar-refractivity contribution >= 4 is 11.6 Å². The monoisotopic (exact) mass is 316 g/mol. The maximum Gasteiger partial charge on any atom is 0.214 e. The normalized spacial score (nSPS) is 14.6. The van der Waals surface area contributed by atoms with Crippen LogP contribution in [0.4, 0.5) is 0 Å². The summed E-state index contributed by atoms with van der Waals surface area (Å²) in [4.78, 5) is 6.65. The second-order valence-corrected chi connectivity index (χ2v) is 6.04. The van der Waals surface area contributed by atoms with Crippen LogP contribution in [-0.2, 0) is 13.0 Å². The summed E-state index contributed by atoms with van der Waals surface area (Å²) in [7, 11) is 0. The van der Waals surface area contributed by atoms with Gasteiger partial charge in [0.25, 0.3) is 0 Å². The van der Waals surface area contributed by atoms with E-state index in [1.165, 1.54) is 17.5 Å². The highest BCUT2D eigenvalue weighted by molar-refractivity contribution is 6.29. The van der Waals surface area contributed by atoms with Gasteiger partial charge in [0.05, 0.1) is 6.61 Å². The molecule has 0 saturated carbocycles. The van der Waals surface area contributed by atoms with Crippen LogP contribution < -0.4 is 4.74 Å². The van der Waals surface area contributed by atoms with Gasteiger partial charge in [-0.15, -0.1) is 0 Å². The number of pyridine rings is 1. The molecule has 3 rings (SSSR count). The third-order valence-electron chi connectivity index (χ3n) is 4.02. The lowest BCUT2D eigenvalue weighted by Gasteiger charge is -2.28. The Morgan fingerprint density at radius 1 is 1.05 bits per heavy atom. The van der Waals surface area contributed by atoms with E-state index >= 15 is 0 Å². The van der Waals surface area contributed by atoms with Crippen LogP contribution in [0.2, 0.25) is 5.15 Å². The minimum Gasteiger partial charge on any atom is -0.478 e. The van der Waals surface area contributed by atoms with Crippen LogP contribution >= 0.6 is 11.6 Å². The molecule has 0 spiro atoms. The highest BCUT2D eigenvalue weighted by Gasteiger charge is 2.14. The van der Waals surface area contributed by atoms with Gasteiger partial charge in [-0.1, -0.05) is 41.9 Å². The first-order valence-electron chi connectivity index (χ1n) is 7.86. The van der Waals surface area contributed by atoms with Gasteiger partial charge in [0.2, 0.25) is 5.88 Å². The number of aromatic nitrogens is 1. The molecule has 116 valence electrons. The fraction of sp³-hybridized carbons (Fsp3) is 0.389. The minimum absolute atomic E-state index is 0.476. The zero-order chi connectivity index (χ0) is 15.2. The summed E-state index contributed by atoms with van der Waals surface area (Å²) in [6, 6.07) is 14.2. The SMILES string of the molecule is Clc1cccc(OCCCCN2CCc3ccccc3C2)n1. The van der Waals surface area contributed by atoms with Gasteiger partial charge in [-0.05, 0) is 43.0 Å². The van der Waals surface area contributed by atoms with Crippen LogP contribution in [0.1, 0.15) is 24.0 Å². The summed E-state index contributed by atoms with van der Waals surface area (Å²) in [5, 5.41) is 0.476. The maximum atomic E-state index is 5.83. The quantitative estimate of drug-likeness (QED) is 0.596. The Morgan fingerprint density at radius 3 is 2.77 bits per heavy atom. The average molecular weight is 317 g/mol. The van der Waals surface area contributed by atoms with Gasteiger partial charge in [0.1, 0.15) is 5.15 Å². The first kappa shape index (κ1) is 15.3. The predicted octanol–water partition coefficient (Wildman–Crippen LogP) is 3.95. The van der Waals surface area contributed by atoms with Crippen molar-refractivity contribution in [3.63, 3.8) is 0 Å². The van der Waals surface area contributed by atoms with Crippen LogP contribution in [0.3, 0.4) is 0 Å². The minimum atomic E-state index is 0.476. The van der Waals surface area contributed by atoms with Crippen molar-refractivity contribution in [3.8, 4) is 5.88 Å².